The standard InChI is InChI=1S/C17H22F2N4O2/c1-10-13(8-20-21(10)2)15-12(7-14(24)23(15)11-3-4-11)16(25)22-6-5-17(18,19)9-22/h8,11-12,15H,3-7,9H2,1-2H3/t12-,15-/m0/s1. The van der Waals surface area contributed by atoms with Crippen molar-refractivity contribution < 1.29 is 18.4 Å². The highest BCUT2D eigenvalue weighted by molar-refractivity contribution is 5.91. The molecule has 0 spiro atoms. The monoisotopic (exact) mass is 352 g/mol. The van der Waals surface area contributed by atoms with Crippen molar-refractivity contribution >= 4 is 11.8 Å². The second-order valence-electron chi connectivity index (χ2n) is 7.46. The van der Waals surface area contributed by atoms with Gasteiger partial charge in [-0.1, -0.05) is 0 Å². The average molecular weight is 352 g/mol. The third-order valence-electron chi connectivity index (χ3n) is 5.69. The fourth-order valence-electron chi connectivity index (χ4n) is 4.09. The van der Waals surface area contributed by atoms with Crippen LogP contribution in [0.1, 0.15) is 43.0 Å². The minimum absolute atomic E-state index is 0.0543. The number of halogens is 2. The maximum atomic E-state index is 13.5. The van der Waals surface area contributed by atoms with Gasteiger partial charge < -0.3 is 9.80 Å². The van der Waals surface area contributed by atoms with Gasteiger partial charge in [-0.25, -0.2) is 8.78 Å². The van der Waals surface area contributed by atoms with Crippen LogP contribution in [-0.2, 0) is 16.6 Å². The molecule has 2 amide bonds. The van der Waals surface area contributed by atoms with E-state index in [-0.39, 0.29) is 37.2 Å². The summed E-state index contributed by atoms with van der Waals surface area (Å²) in [5.41, 5.74) is 1.75. The Morgan fingerprint density at radius 2 is 2.08 bits per heavy atom. The van der Waals surface area contributed by atoms with E-state index in [4.69, 9.17) is 0 Å². The zero-order valence-corrected chi connectivity index (χ0v) is 14.4. The lowest BCUT2D eigenvalue weighted by Crippen LogP contribution is -2.39. The van der Waals surface area contributed by atoms with Crippen molar-refractivity contribution in [1.82, 2.24) is 19.6 Å². The summed E-state index contributed by atoms with van der Waals surface area (Å²) >= 11 is 0. The Balaban J connectivity index is 1.67. The molecular formula is C17H22F2N4O2. The maximum absolute atomic E-state index is 13.5. The van der Waals surface area contributed by atoms with Crippen LogP contribution in [0.5, 0.6) is 0 Å². The van der Waals surface area contributed by atoms with Crippen LogP contribution in [0, 0.1) is 12.8 Å². The third kappa shape index (κ3) is 2.71. The summed E-state index contributed by atoms with van der Waals surface area (Å²) in [4.78, 5) is 28.6. The van der Waals surface area contributed by atoms with E-state index in [1.807, 2.05) is 14.0 Å². The van der Waals surface area contributed by atoms with Gasteiger partial charge in [-0.15, -0.1) is 0 Å². The molecule has 6 nitrogen and oxygen atoms in total. The summed E-state index contributed by atoms with van der Waals surface area (Å²) in [6.45, 7) is 1.42. The fourth-order valence-corrected chi connectivity index (χ4v) is 4.09. The zero-order chi connectivity index (χ0) is 17.9. The molecule has 1 aromatic heterocycles. The number of alkyl halides is 2. The van der Waals surface area contributed by atoms with E-state index >= 15 is 0 Å². The molecule has 3 aliphatic rings. The second-order valence-corrected chi connectivity index (χ2v) is 7.46. The predicted octanol–water partition coefficient (Wildman–Crippen LogP) is 1.65. The molecule has 1 aliphatic carbocycles. The van der Waals surface area contributed by atoms with E-state index in [1.54, 1.807) is 15.8 Å². The number of carbonyl (C=O) groups is 2. The molecule has 2 aliphatic heterocycles. The van der Waals surface area contributed by atoms with Gasteiger partial charge in [-0.05, 0) is 19.8 Å². The number of amides is 2. The van der Waals surface area contributed by atoms with Crippen LogP contribution in [0.4, 0.5) is 8.78 Å². The van der Waals surface area contributed by atoms with E-state index in [1.165, 1.54) is 4.90 Å². The number of aromatic nitrogens is 2. The van der Waals surface area contributed by atoms with Gasteiger partial charge in [-0.2, -0.15) is 5.10 Å². The Morgan fingerprint density at radius 1 is 1.36 bits per heavy atom. The summed E-state index contributed by atoms with van der Waals surface area (Å²) in [5, 5.41) is 4.25. The highest BCUT2D eigenvalue weighted by Gasteiger charge is 2.53. The third-order valence-corrected chi connectivity index (χ3v) is 5.69. The molecule has 136 valence electrons. The molecule has 1 aromatic rings. The number of rotatable bonds is 3. The van der Waals surface area contributed by atoms with Gasteiger partial charge in [0.15, 0.2) is 0 Å². The van der Waals surface area contributed by atoms with Gasteiger partial charge in [0, 0.05) is 43.7 Å². The topological polar surface area (TPSA) is 58.4 Å². The van der Waals surface area contributed by atoms with Crippen LogP contribution in [0.15, 0.2) is 6.20 Å². The highest BCUT2D eigenvalue weighted by atomic mass is 19.3. The van der Waals surface area contributed by atoms with Gasteiger partial charge >= 0.3 is 0 Å². The molecule has 0 N–H and O–H groups in total. The summed E-state index contributed by atoms with van der Waals surface area (Å²) in [6.07, 6.45) is 3.36. The average Bonchev–Trinajstić information content (AvgIpc) is 3.13. The van der Waals surface area contributed by atoms with Crippen LogP contribution in [-0.4, -0.2) is 56.4 Å². The summed E-state index contributed by atoms with van der Waals surface area (Å²) in [6, 6.07) is -0.231. The first-order chi connectivity index (χ1) is 11.8. The van der Waals surface area contributed by atoms with Gasteiger partial charge in [0.1, 0.15) is 0 Å². The SMILES string of the molecule is Cc1c([C@@H]2[C@@H](C(=O)N3CCC(F)(F)C3)CC(=O)N2C2CC2)cnn1C. The Labute approximate surface area is 144 Å². The molecule has 8 heteroatoms. The highest BCUT2D eigenvalue weighted by Crippen LogP contribution is 2.46. The molecular weight excluding hydrogens is 330 g/mol. The van der Waals surface area contributed by atoms with Gasteiger partial charge in [-0.3, -0.25) is 14.3 Å². The molecule has 3 fully saturated rings. The van der Waals surface area contributed by atoms with E-state index in [0.717, 1.165) is 24.1 Å². The lowest BCUT2D eigenvalue weighted by Gasteiger charge is -2.29. The summed E-state index contributed by atoms with van der Waals surface area (Å²) in [7, 11) is 1.81. The van der Waals surface area contributed by atoms with E-state index in [2.05, 4.69) is 5.10 Å². The Bertz CT molecular complexity index is 728. The number of aryl methyl sites for hydroxylation is 1. The quantitative estimate of drug-likeness (QED) is 0.831. The van der Waals surface area contributed by atoms with Crippen LogP contribution in [0.3, 0.4) is 0 Å². The molecule has 3 heterocycles. The van der Waals surface area contributed by atoms with Crippen molar-refractivity contribution in [1.29, 1.82) is 0 Å². The maximum Gasteiger partial charge on any atom is 0.267 e. The second kappa shape index (κ2) is 5.51. The Kier molecular flexibility index (Phi) is 3.63. The fraction of sp³-hybridized carbons (Fsp3) is 0.706. The predicted molar refractivity (Wildman–Crippen MR) is 84.8 cm³/mol. The Hall–Kier alpha value is -1.99. The first-order valence-corrected chi connectivity index (χ1v) is 8.75. The molecule has 1 saturated carbocycles. The van der Waals surface area contributed by atoms with Crippen molar-refractivity contribution in [2.45, 2.75) is 50.6 Å². The van der Waals surface area contributed by atoms with Gasteiger partial charge in [0.05, 0.1) is 24.7 Å². The Morgan fingerprint density at radius 3 is 2.60 bits per heavy atom. The first kappa shape index (κ1) is 16.5. The number of carbonyl (C=O) groups excluding carboxylic acids is 2. The summed E-state index contributed by atoms with van der Waals surface area (Å²) < 4.78 is 28.8. The van der Waals surface area contributed by atoms with Crippen molar-refractivity contribution in [2.24, 2.45) is 13.0 Å². The van der Waals surface area contributed by atoms with Crippen molar-refractivity contribution in [2.75, 3.05) is 13.1 Å². The molecule has 2 saturated heterocycles. The van der Waals surface area contributed by atoms with Crippen molar-refractivity contribution in [3.63, 3.8) is 0 Å². The molecule has 0 radical (unpaired) electrons. The number of hydrogen-bond acceptors (Lipinski definition) is 3. The summed E-state index contributed by atoms with van der Waals surface area (Å²) in [5.74, 6) is -3.82. The van der Waals surface area contributed by atoms with Crippen LogP contribution >= 0.6 is 0 Å². The van der Waals surface area contributed by atoms with Crippen molar-refractivity contribution in [3.8, 4) is 0 Å². The lowest BCUT2D eigenvalue weighted by molar-refractivity contribution is -0.137. The van der Waals surface area contributed by atoms with Crippen molar-refractivity contribution in [3.05, 3.63) is 17.5 Å². The molecule has 2 atom stereocenters. The number of likely N-dealkylation sites (tertiary alicyclic amines) is 2. The number of hydrogen-bond donors (Lipinski definition) is 0. The molecule has 0 unspecified atom stereocenters. The van der Waals surface area contributed by atoms with Gasteiger partial charge in [0.25, 0.3) is 5.92 Å². The van der Waals surface area contributed by atoms with Crippen LogP contribution < -0.4 is 0 Å². The molecule has 4 rings (SSSR count). The van der Waals surface area contributed by atoms with E-state index < -0.39 is 24.4 Å². The number of nitrogens with zero attached hydrogens (tertiary/aromatic N) is 4. The normalized spacial score (nSPS) is 28.9. The minimum Gasteiger partial charge on any atom is -0.336 e. The van der Waals surface area contributed by atoms with E-state index in [9.17, 15) is 18.4 Å². The van der Waals surface area contributed by atoms with Gasteiger partial charge in [0.2, 0.25) is 11.8 Å². The van der Waals surface area contributed by atoms with Crippen LogP contribution in [0.2, 0.25) is 0 Å². The first-order valence-electron chi connectivity index (χ1n) is 8.75. The minimum atomic E-state index is -2.83. The van der Waals surface area contributed by atoms with Crippen LogP contribution in [0.25, 0.3) is 0 Å². The smallest absolute Gasteiger partial charge is 0.267 e. The molecule has 25 heavy (non-hydrogen) atoms. The molecule has 0 aromatic carbocycles. The molecule has 0 bridgehead atoms. The van der Waals surface area contributed by atoms with E-state index in [0.29, 0.717) is 0 Å². The lowest BCUT2D eigenvalue weighted by atomic mass is 9.92. The largest absolute Gasteiger partial charge is 0.336 e. The zero-order valence-electron chi connectivity index (χ0n) is 14.4.